The van der Waals surface area contributed by atoms with Crippen molar-refractivity contribution < 1.29 is 4.74 Å². The molecule has 0 saturated heterocycles. The SMILES string of the molecule is COc1ccc(N)c(-c2c(N)ccc3ccccc23)c1. The van der Waals surface area contributed by atoms with Gasteiger partial charge in [0, 0.05) is 22.5 Å². The van der Waals surface area contributed by atoms with Crippen LogP contribution in [-0.2, 0) is 0 Å². The normalized spacial score (nSPS) is 10.7. The largest absolute Gasteiger partial charge is 0.497 e. The number of rotatable bonds is 2. The summed E-state index contributed by atoms with van der Waals surface area (Å²) in [5, 5.41) is 2.23. The van der Waals surface area contributed by atoms with Crippen molar-refractivity contribution in [2.75, 3.05) is 18.6 Å². The van der Waals surface area contributed by atoms with E-state index < -0.39 is 0 Å². The zero-order valence-corrected chi connectivity index (χ0v) is 11.3. The van der Waals surface area contributed by atoms with Gasteiger partial charge in [-0.25, -0.2) is 0 Å². The van der Waals surface area contributed by atoms with Crippen molar-refractivity contribution >= 4 is 22.1 Å². The molecule has 0 unspecified atom stereocenters. The molecule has 0 aliphatic rings. The van der Waals surface area contributed by atoms with Crippen LogP contribution in [0, 0.1) is 0 Å². The summed E-state index contributed by atoms with van der Waals surface area (Å²) in [6, 6.07) is 17.7. The van der Waals surface area contributed by atoms with Crippen LogP contribution in [0.5, 0.6) is 5.75 Å². The number of anilines is 2. The van der Waals surface area contributed by atoms with Crippen LogP contribution in [0.3, 0.4) is 0 Å². The molecule has 0 bridgehead atoms. The second-order valence-electron chi connectivity index (χ2n) is 4.70. The first-order valence-corrected chi connectivity index (χ1v) is 6.42. The summed E-state index contributed by atoms with van der Waals surface area (Å²) in [4.78, 5) is 0. The minimum absolute atomic E-state index is 0.689. The Kier molecular flexibility index (Phi) is 2.95. The van der Waals surface area contributed by atoms with Crippen molar-refractivity contribution in [1.82, 2.24) is 0 Å². The summed E-state index contributed by atoms with van der Waals surface area (Å²) < 4.78 is 5.29. The Bertz CT molecular complexity index is 781. The van der Waals surface area contributed by atoms with Gasteiger partial charge in [0.05, 0.1) is 7.11 Å². The number of hydrogen-bond acceptors (Lipinski definition) is 3. The van der Waals surface area contributed by atoms with Crippen molar-refractivity contribution in [3.05, 3.63) is 54.6 Å². The van der Waals surface area contributed by atoms with Crippen LogP contribution >= 0.6 is 0 Å². The number of nitrogen functional groups attached to an aromatic ring is 2. The van der Waals surface area contributed by atoms with E-state index >= 15 is 0 Å². The molecular weight excluding hydrogens is 248 g/mol. The monoisotopic (exact) mass is 264 g/mol. The van der Waals surface area contributed by atoms with Gasteiger partial charge in [0.1, 0.15) is 5.75 Å². The third-order valence-electron chi connectivity index (χ3n) is 3.49. The fourth-order valence-corrected chi connectivity index (χ4v) is 2.47. The molecule has 0 aromatic heterocycles. The average molecular weight is 264 g/mol. The molecule has 3 heteroatoms. The highest BCUT2D eigenvalue weighted by molar-refractivity contribution is 6.04. The Morgan fingerprint density at radius 3 is 2.40 bits per heavy atom. The summed E-state index contributed by atoms with van der Waals surface area (Å²) in [6.45, 7) is 0. The van der Waals surface area contributed by atoms with Gasteiger partial charge in [-0.05, 0) is 35.0 Å². The molecule has 100 valence electrons. The van der Waals surface area contributed by atoms with Crippen molar-refractivity contribution in [2.45, 2.75) is 0 Å². The molecule has 3 aromatic rings. The zero-order chi connectivity index (χ0) is 14.1. The van der Waals surface area contributed by atoms with Gasteiger partial charge in [-0.2, -0.15) is 0 Å². The van der Waals surface area contributed by atoms with Crippen molar-refractivity contribution in [2.24, 2.45) is 0 Å². The maximum absolute atomic E-state index is 6.18. The van der Waals surface area contributed by atoms with Crippen LogP contribution in [0.15, 0.2) is 54.6 Å². The number of methoxy groups -OCH3 is 1. The van der Waals surface area contributed by atoms with Gasteiger partial charge in [-0.1, -0.05) is 30.3 Å². The molecule has 0 spiro atoms. The van der Waals surface area contributed by atoms with E-state index in [9.17, 15) is 0 Å². The Morgan fingerprint density at radius 2 is 1.60 bits per heavy atom. The lowest BCUT2D eigenvalue weighted by molar-refractivity contribution is 0.415. The molecule has 4 N–H and O–H groups in total. The molecule has 0 fully saturated rings. The van der Waals surface area contributed by atoms with Crippen molar-refractivity contribution in [3.8, 4) is 16.9 Å². The van der Waals surface area contributed by atoms with Crippen LogP contribution in [0.4, 0.5) is 11.4 Å². The Labute approximate surface area is 117 Å². The fraction of sp³-hybridized carbons (Fsp3) is 0.0588. The Hall–Kier alpha value is -2.68. The molecule has 0 atom stereocenters. The summed E-state index contributed by atoms with van der Waals surface area (Å²) in [7, 11) is 1.64. The van der Waals surface area contributed by atoms with E-state index in [1.165, 1.54) is 0 Å². The smallest absolute Gasteiger partial charge is 0.119 e. The number of benzene rings is 3. The van der Waals surface area contributed by atoms with E-state index in [2.05, 4.69) is 12.1 Å². The van der Waals surface area contributed by atoms with E-state index in [4.69, 9.17) is 16.2 Å². The molecule has 0 saturated carbocycles. The van der Waals surface area contributed by atoms with E-state index in [1.807, 2.05) is 42.5 Å². The van der Waals surface area contributed by atoms with Gasteiger partial charge >= 0.3 is 0 Å². The number of nitrogens with two attached hydrogens (primary N) is 2. The molecule has 0 heterocycles. The molecule has 20 heavy (non-hydrogen) atoms. The fourth-order valence-electron chi connectivity index (χ4n) is 2.47. The highest BCUT2D eigenvalue weighted by atomic mass is 16.5. The van der Waals surface area contributed by atoms with Crippen LogP contribution in [-0.4, -0.2) is 7.11 Å². The maximum atomic E-state index is 6.18. The Morgan fingerprint density at radius 1 is 0.850 bits per heavy atom. The van der Waals surface area contributed by atoms with Gasteiger partial charge in [-0.15, -0.1) is 0 Å². The molecule has 0 amide bonds. The molecular formula is C17H16N2O. The number of fused-ring (bicyclic) bond motifs is 1. The lowest BCUT2D eigenvalue weighted by Crippen LogP contribution is -1.96. The standard InChI is InChI=1S/C17H16N2O/c1-20-12-7-9-15(18)14(10-12)17-13-5-3-2-4-11(13)6-8-16(17)19/h2-10H,18-19H2,1H3. The summed E-state index contributed by atoms with van der Waals surface area (Å²) >= 11 is 0. The predicted octanol–water partition coefficient (Wildman–Crippen LogP) is 3.68. The Balaban J connectivity index is 2.37. The molecule has 3 nitrogen and oxygen atoms in total. The minimum Gasteiger partial charge on any atom is -0.497 e. The maximum Gasteiger partial charge on any atom is 0.119 e. The first-order chi connectivity index (χ1) is 9.70. The van der Waals surface area contributed by atoms with Crippen LogP contribution in [0.25, 0.3) is 21.9 Å². The van der Waals surface area contributed by atoms with E-state index in [0.717, 1.165) is 27.6 Å². The first kappa shape index (κ1) is 12.4. The molecule has 3 rings (SSSR count). The second kappa shape index (κ2) is 4.78. The first-order valence-electron chi connectivity index (χ1n) is 6.42. The van der Waals surface area contributed by atoms with Gasteiger partial charge in [0.25, 0.3) is 0 Å². The summed E-state index contributed by atoms with van der Waals surface area (Å²) in [5.41, 5.74) is 15.6. The summed E-state index contributed by atoms with van der Waals surface area (Å²) in [6.07, 6.45) is 0. The van der Waals surface area contributed by atoms with E-state index in [0.29, 0.717) is 11.4 Å². The van der Waals surface area contributed by atoms with Crippen LogP contribution < -0.4 is 16.2 Å². The molecule has 3 aromatic carbocycles. The lowest BCUT2D eigenvalue weighted by Gasteiger charge is -2.13. The summed E-state index contributed by atoms with van der Waals surface area (Å²) in [5.74, 6) is 0.765. The topological polar surface area (TPSA) is 61.3 Å². The van der Waals surface area contributed by atoms with Gasteiger partial charge in [0.15, 0.2) is 0 Å². The quantitative estimate of drug-likeness (QED) is 0.694. The zero-order valence-electron chi connectivity index (χ0n) is 11.3. The number of hydrogen-bond donors (Lipinski definition) is 2. The third-order valence-corrected chi connectivity index (χ3v) is 3.49. The molecule has 0 aliphatic heterocycles. The number of ether oxygens (including phenoxy) is 1. The van der Waals surface area contributed by atoms with Crippen LogP contribution in [0.2, 0.25) is 0 Å². The highest BCUT2D eigenvalue weighted by Crippen LogP contribution is 2.38. The van der Waals surface area contributed by atoms with Crippen molar-refractivity contribution in [1.29, 1.82) is 0 Å². The third kappa shape index (κ3) is 1.93. The van der Waals surface area contributed by atoms with Gasteiger partial charge in [-0.3, -0.25) is 0 Å². The van der Waals surface area contributed by atoms with E-state index in [-0.39, 0.29) is 0 Å². The second-order valence-corrected chi connectivity index (χ2v) is 4.70. The van der Waals surface area contributed by atoms with Crippen LogP contribution in [0.1, 0.15) is 0 Å². The predicted molar refractivity (Wildman–Crippen MR) is 84.8 cm³/mol. The van der Waals surface area contributed by atoms with Gasteiger partial charge in [0.2, 0.25) is 0 Å². The average Bonchev–Trinajstić information content (AvgIpc) is 2.48. The minimum atomic E-state index is 0.689. The van der Waals surface area contributed by atoms with Crippen molar-refractivity contribution in [3.63, 3.8) is 0 Å². The molecule has 0 aliphatic carbocycles. The lowest BCUT2D eigenvalue weighted by atomic mass is 9.95. The van der Waals surface area contributed by atoms with E-state index in [1.54, 1.807) is 7.11 Å². The highest BCUT2D eigenvalue weighted by Gasteiger charge is 2.11. The van der Waals surface area contributed by atoms with Gasteiger partial charge < -0.3 is 16.2 Å². The molecule has 0 radical (unpaired) electrons.